The zero-order chi connectivity index (χ0) is 18.2. The maximum absolute atomic E-state index is 11.0. The number of carboxylic acids is 1. The lowest BCUT2D eigenvalue weighted by Gasteiger charge is -2.32. The molecule has 2 heterocycles. The molecule has 3 rings (SSSR count). The van der Waals surface area contributed by atoms with Crippen LogP contribution in [0.5, 0.6) is 5.88 Å². The van der Waals surface area contributed by atoms with E-state index in [1.54, 1.807) is 6.20 Å². The lowest BCUT2D eigenvalue weighted by Crippen LogP contribution is -2.41. The zero-order valence-electron chi connectivity index (χ0n) is 15.3. The van der Waals surface area contributed by atoms with Gasteiger partial charge in [-0.2, -0.15) is 0 Å². The summed E-state index contributed by atoms with van der Waals surface area (Å²) in [5, 5.41) is 9.05. The molecule has 1 aromatic heterocycles. The normalized spacial score (nSPS) is 27.9. The Labute approximate surface area is 149 Å². The van der Waals surface area contributed by atoms with Crippen molar-refractivity contribution < 1.29 is 23.9 Å². The number of nitrogens with zero attached hydrogens (tertiary/aromatic N) is 1. The van der Waals surface area contributed by atoms with Crippen LogP contribution in [0.1, 0.15) is 53.4 Å². The Morgan fingerprint density at radius 3 is 2.24 bits per heavy atom. The minimum Gasteiger partial charge on any atom is -0.481 e. The highest BCUT2D eigenvalue weighted by molar-refractivity contribution is 6.62. The van der Waals surface area contributed by atoms with Crippen molar-refractivity contribution in [2.75, 3.05) is 0 Å². The van der Waals surface area contributed by atoms with Gasteiger partial charge in [0, 0.05) is 11.7 Å². The monoisotopic (exact) mass is 347 g/mol. The van der Waals surface area contributed by atoms with E-state index in [0.717, 1.165) is 18.3 Å². The summed E-state index contributed by atoms with van der Waals surface area (Å²) in [7, 11) is -0.433. The maximum atomic E-state index is 11.0. The summed E-state index contributed by atoms with van der Waals surface area (Å²) in [5.41, 5.74) is 0.103. The fourth-order valence-electron chi connectivity index (χ4n) is 3.18. The molecule has 0 amide bonds. The molecular weight excluding hydrogens is 321 g/mol. The standard InChI is InChI=1S/C18H26BNO5/c1-17(2)18(3,4)25-19(24-17)13-7-10-15(20-11-13)23-14-8-5-12(6-9-14)16(21)22/h7,10-12,14H,5-6,8-9H2,1-4H3,(H,21,22). The lowest BCUT2D eigenvalue weighted by atomic mass is 9.80. The lowest BCUT2D eigenvalue weighted by molar-refractivity contribution is -0.143. The van der Waals surface area contributed by atoms with E-state index in [1.807, 2.05) is 39.8 Å². The molecule has 1 aromatic rings. The molecule has 1 N–H and O–H groups in total. The molecule has 25 heavy (non-hydrogen) atoms. The van der Waals surface area contributed by atoms with Crippen LogP contribution in [0.3, 0.4) is 0 Å². The second-order valence-corrected chi connectivity index (χ2v) is 7.95. The van der Waals surface area contributed by atoms with Crippen molar-refractivity contribution in [1.29, 1.82) is 0 Å². The van der Waals surface area contributed by atoms with Crippen LogP contribution in [0.15, 0.2) is 18.3 Å². The van der Waals surface area contributed by atoms with Gasteiger partial charge in [-0.1, -0.05) is 6.07 Å². The Morgan fingerprint density at radius 2 is 1.76 bits per heavy atom. The Kier molecular flexibility index (Phi) is 4.81. The van der Waals surface area contributed by atoms with Gasteiger partial charge in [-0.05, 0) is 59.4 Å². The first-order chi connectivity index (χ1) is 11.7. The fraction of sp³-hybridized carbons (Fsp3) is 0.667. The summed E-state index contributed by atoms with van der Waals surface area (Å²) in [4.78, 5) is 15.4. The molecule has 0 aromatic carbocycles. The number of carbonyl (C=O) groups is 1. The van der Waals surface area contributed by atoms with Crippen LogP contribution in [0.2, 0.25) is 0 Å². The average Bonchev–Trinajstić information content (AvgIpc) is 2.76. The highest BCUT2D eigenvalue weighted by Gasteiger charge is 2.51. The van der Waals surface area contributed by atoms with E-state index in [0.29, 0.717) is 18.7 Å². The molecule has 6 nitrogen and oxygen atoms in total. The van der Waals surface area contributed by atoms with Gasteiger partial charge in [0.25, 0.3) is 0 Å². The van der Waals surface area contributed by atoms with E-state index in [1.165, 1.54) is 0 Å². The largest absolute Gasteiger partial charge is 0.496 e. The van der Waals surface area contributed by atoms with E-state index >= 15 is 0 Å². The molecule has 0 spiro atoms. The Hall–Kier alpha value is -1.60. The second kappa shape index (κ2) is 6.61. The summed E-state index contributed by atoms with van der Waals surface area (Å²) >= 11 is 0. The molecule has 0 unspecified atom stereocenters. The molecule has 2 aliphatic rings. The molecule has 1 saturated heterocycles. The predicted molar refractivity (Wildman–Crippen MR) is 94.0 cm³/mol. The molecule has 7 heteroatoms. The highest BCUT2D eigenvalue weighted by atomic mass is 16.7. The molecular formula is C18H26BNO5. The zero-order valence-corrected chi connectivity index (χ0v) is 15.3. The molecule has 0 atom stereocenters. The van der Waals surface area contributed by atoms with Crippen LogP contribution >= 0.6 is 0 Å². The summed E-state index contributed by atoms with van der Waals surface area (Å²) in [6.07, 6.45) is 4.57. The van der Waals surface area contributed by atoms with E-state index in [9.17, 15) is 4.79 Å². The summed E-state index contributed by atoms with van der Waals surface area (Å²) < 4.78 is 17.9. The SMILES string of the molecule is CC1(C)OB(c2ccc(OC3CCC(C(=O)O)CC3)nc2)OC1(C)C. The van der Waals surface area contributed by atoms with Gasteiger partial charge in [0.15, 0.2) is 0 Å². The number of hydrogen-bond donors (Lipinski definition) is 1. The first-order valence-electron chi connectivity index (χ1n) is 8.89. The molecule has 2 fully saturated rings. The number of ether oxygens (including phenoxy) is 1. The van der Waals surface area contributed by atoms with Crippen molar-refractivity contribution in [2.45, 2.75) is 70.7 Å². The first-order valence-corrected chi connectivity index (χ1v) is 8.89. The van der Waals surface area contributed by atoms with Crippen LogP contribution in [0.4, 0.5) is 0 Å². The van der Waals surface area contributed by atoms with Crippen molar-refractivity contribution in [1.82, 2.24) is 4.98 Å². The highest BCUT2D eigenvalue weighted by Crippen LogP contribution is 2.36. The Bertz CT molecular complexity index is 607. The van der Waals surface area contributed by atoms with Crippen LogP contribution < -0.4 is 10.2 Å². The first kappa shape index (κ1) is 18.2. The van der Waals surface area contributed by atoms with E-state index < -0.39 is 13.1 Å². The molecule has 1 aliphatic heterocycles. The van der Waals surface area contributed by atoms with Crippen LogP contribution in [0.25, 0.3) is 0 Å². The van der Waals surface area contributed by atoms with Gasteiger partial charge in [0.05, 0.1) is 17.1 Å². The van der Waals surface area contributed by atoms with Crippen molar-refractivity contribution in [3.05, 3.63) is 18.3 Å². The topological polar surface area (TPSA) is 77.9 Å². The summed E-state index contributed by atoms with van der Waals surface area (Å²) in [6, 6.07) is 3.73. The van der Waals surface area contributed by atoms with Crippen LogP contribution in [0, 0.1) is 5.92 Å². The van der Waals surface area contributed by atoms with Crippen molar-refractivity contribution in [2.24, 2.45) is 5.92 Å². The van der Waals surface area contributed by atoms with Gasteiger partial charge in [0.1, 0.15) is 6.10 Å². The van der Waals surface area contributed by atoms with Gasteiger partial charge in [-0.3, -0.25) is 4.79 Å². The van der Waals surface area contributed by atoms with Crippen molar-refractivity contribution >= 4 is 18.6 Å². The Balaban J connectivity index is 1.58. The number of carboxylic acid groups (broad SMARTS) is 1. The fourth-order valence-corrected chi connectivity index (χ4v) is 3.18. The average molecular weight is 347 g/mol. The Morgan fingerprint density at radius 1 is 1.16 bits per heavy atom. The van der Waals surface area contributed by atoms with Gasteiger partial charge in [-0.25, -0.2) is 4.98 Å². The third-order valence-corrected chi connectivity index (χ3v) is 5.60. The molecule has 0 radical (unpaired) electrons. The molecule has 1 aliphatic carbocycles. The minimum absolute atomic E-state index is 0.0331. The van der Waals surface area contributed by atoms with Gasteiger partial charge in [-0.15, -0.1) is 0 Å². The van der Waals surface area contributed by atoms with Gasteiger partial charge in [0.2, 0.25) is 5.88 Å². The van der Waals surface area contributed by atoms with Gasteiger partial charge >= 0.3 is 13.1 Å². The van der Waals surface area contributed by atoms with Crippen LogP contribution in [-0.2, 0) is 14.1 Å². The number of hydrogen-bond acceptors (Lipinski definition) is 5. The van der Waals surface area contributed by atoms with E-state index in [4.69, 9.17) is 19.2 Å². The van der Waals surface area contributed by atoms with Crippen LogP contribution in [-0.4, -0.2) is 40.5 Å². The van der Waals surface area contributed by atoms with E-state index in [-0.39, 0.29) is 23.2 Å². The quantitative estimate of drug-likeness (QED) is 0.843. The molecule has 136 valence electrons. The third kappa shape index (κ3) is 3.82. The van der Waals surface area contributed by atoms with E-state index in [2.05, 4.69) is 4.98 Å². The summed E-state index contributed by atoms with van der Waals surface area (Å²) in [5.74, 6) is -0.388. The van der Waals surface area contributed by atoms with Gasteiger partial charge < -0.3 is 19.2 Å². The number of pyridine rings is 1. The van der Waals surface area contributed by atoms with Crippen molar-refractivity contribution in [3.63, 3.8) is 0 Å². The third-order valence-electron chi connectivity index (χ3n) is 5.60. The maximum Gasteiger partial charge on any atom is 0.496 e. The summed E-state index contributed by atoms with van der Waals surface area (Å²) in [6.45, 7) is 8.08. The predicted octanol–water partition coefficient (Wildman–Crippen LogP) is 2.40. The number of rotatable bonds is 4. The number of aromatic nitrogens is 1. The molecule has 0 bridgehead atoms. The smallest absolute Gasteiger partial charge is 0.481 e. The molecule has 1 saturated carbocycles. The minimum atomic E-state index is -0.705. The van der Waals surface area contributed by atoms with Crippen molar-refractivity contribution in [3.8, 4) is 5.88 Å². The number of aliphatic carboxylic acids is 1. The second-order valence-electron chi connectivity index (χ2n) is 7.95.